The zero-order valence-corrected chi connectivity index (χ0v) is 12.7. The van der Waals surface area contributed by atoms with Crippen molar-refractivity contribution in [2.75, 3.05) is 30.3 Å². The van der Waals surface area contributed by atoms with Gasteiger partial charge in [-0.1, -0.05) is 12.1 Å². The van der Waals surface area contributed by atoms with Crippen LogP contribution in [0, 0.1) is 0 Å². The van der Waals surface area contributed by atoms with Crippen molar-refractivity contribution < 1.29 is 13.2 Å². The normalized spacial score (nSPS) is 15.6. The van der Waals surface area contributed by atoms with Crippen LogP contribution in [-0.4, -0.2) is 43.8 Å². The van der Waals surface area contributed by atoms with Crippen LogP contribution in [0.2, 0.25) is 0 Å². The molecular weight excluding hydrogens is 290 g/mol. The molecule has 0 unspecified atom stereocenters. The van der Waals surface area contributed by atoms with E-state index < -0.39 is 15.7 Å². The van der Waals surface area contributed by atoms with E-state index in [4.69, 9.17) is 11.5 Å². The summed E-state index contributed by atoms with van der Waals surface area (Å²) < 4.78 is 23.7. The third-order valence-electron chi connectivity index (χ3n) is 3.77. The predicted octanol–water partition coefficient (Wildman–Crippen LogP) is -0.0829. The monoisotopic (exact) mass is 311 g/mol. The SMILES string of the molecule is NC(=O)CCS(=O)(=O)CCN1CCc2cccc(N)c2C1. The van der Waals surface area contributed by atoms with E-state index in [2.05, 4.69) is 11.0 Å². The highest BCUT2D eigenvalue weighted by Gasteiger charge is 2.20. The van der Waals surface area contributed by atoms with Crippen molar-refractivity contribution in [3.63, 3.8) is 0 Å². The molecule has 0 bridgehead atoms. The van der Waals surface area contributed by atoms with Gasteiger partial charge < -0.3 is 11.5 Å². The number of rotatable bonds is 6. The molecule has 1 amide bonds. The van der Waals surface area contributed by atoms with E-state index >= 15 is 0 Å². The molecule has 21 heavy (non-hydrogen) atoms. The van der Waals surface area contributed by atoms with E-state index in [1.54, 1.807) is 0 Å². The number of primary amides is 1. The highest BCUT2D eigenvalue weighted by molar-refractivity contribution is 7.91. The lowest BCUT2D eigenvalue weighted by molar-refractivity contribution is -0.117. The average Bonchev–Trinajstić information content (AvgIpc) is 2.44. The summed E-state index contributed by atoms with van der Waals surface area (Å²) in [7, 11) is -3.24. The van der Waals surface area contributed by atoms with Gasteiger partial charge in [-0.25, -0.2) is 8.42 Å². The summed E-state index contributed by atoms with van der Waals surface area (Å²) in [6, 6.07) is 5.87. The Morgan fingerprint density at radius 1 is 1.29 bits per heavy atom. The molecule has 0 radical (unpaired) electrons. The van der Waals surface area contributed by atoms with Gasteiger partial charge in [-0.3, -0.25) is 9.69 Å². The first-order valence-electron chi connectivity index (χ1n) is 6.95. The molecule has 0 atom stereocenters. The van der Waals surface area contributed by atoms with Crippen LogP contribution in [0.25, 0.3) is 0 Å². The number of anilines is 1. The number of nitrogens with zero attached hydrogens (tertiary/aromatic N) is 1. The fourth-order valence-electron chi connectivity index (χ4n) is 2.48. The minimum Gasteiger partial charge on any atom is -0.398 e. The lowest BCUT2D eigenvalue weighted by Crippen LogP contribution is -2.35. The first kappa shape index (κ1) is 15.8. The molecule has 2 rings (SSSR count). The molecule has 1 heterocycles. The van der Waals surface area contributed by atoms with Gasteiger partial charge in [0, 0.05) is 31.7 Å². The van der Waals surface area contributed by atoms with Crippen molar-refractivity contribution in [3.05, 3.63) is 29.3 Å². The topological polar surface area (TPSA) is 106 Å². The van der Waals surface area contributed by atoms with Gasteiger partial charge in [-0.2, -0.15) is 0 Å². The van der Waals surface area contributed by atoms with Crippen molar-refractivity contribution in [1.29, 1.82) is 0 Å². The van der Waals surface area contributed by atoms with E-state index in [-0.39, 0.29) is 17.9 Å². The summed E-state index contributed by atoms with van der Waals surface area (Å²) in [5, 5.41) is 0. The molecule has 0 fully saturated rings. The maximum atomic E-state index is 11.8. The van der Waals surface area contributed by atoms with Gasteiger partial charge in [-0.05, 0) is 23.6 Å². The summed E-state index contributed by atoms with van der Waals surface area (Å²) in [6.45, 7) is 1.95. The second-order valence-corrected chi connectivity index (χ2v) is 7.68. The lowest BCUT2D eigenvalue weighted by atomic mass is 9.98. The molecule has 0 aliphatic carbocycles. The van der Waals surface area contributed by atoms with Crippen LogP contribution < -0.4 is 11.5 Å². The number of sulfone groups is 1. The van der Waals surface area contributed by atoms with E-state index in [0.29, 0.717) is 13.1 Å². The molecule has 0 saturated carbocycles. The Morgan fingerprint density at radius 2 is 2.05 bits per heavy atom. The molecule has 4 N–H and O–H groups in total. The number of carbonyl (C=O) groups excluding carboxylic acids is 1. The standard InChI is InChI=1S/C14H21N3O3S/c15-13-3-1-2-11-4-6-17(10-12(11)13)7-9-21(19,20)8-5-14(16)18/h1-3H,4-10,15H2,(H2,16,18). The van der Waals surface area contributed by atoms with Crippen LogP contribution in [0.4, 0.5) is 5.69 Å². The Labute approximate surface area is 125 Å². The van der Waals surface area contributed by atoms with E-state index in [9.17, 15) is 13.2 Å². The molecule has 0 saturated heterocycles. The number of hydrogen-bond donors (Lipinski definition) is 2. The van der Waals surface area contributed by atoms with Crippen LogP contribution in [0.1, 0.15) is 17.5 Å². The minimum atomic E-state index is -3.24. The van der Waals surface area contributed by atoms with Crippen LogP contribution in [-0.2, 0) is 27.6 Å². The quantitative estimate of drug-likeness (QED) is 0.715. The van der Waals surface area contributed by atoms with Gasteiger partial charge in [0.15, 0.2) is 9.84 Å². The Morgan fingerprint density at radius 3 is 2.76 bits per heavy atom. The number of amides is 1. The molecule has 6 nitrogen and oxygen atoms in total. The molecule has 1 aromatic rings. The van der Waals surface area contributed by atoms with Crippen molar-refractivity contribution in [2.45, 2.75) is 19.4 Å². The first-order valence-corrected chi connectivity index (χ1v) is 8.77. The smallest absolute Gasteiger partial charge is 0.218 e. The molecule has 0 aromatic heterocycles. The average molecular weight is 311 g/mol. The summed E-state index contributed by atoms with van der Waals surface area (Å²) in [5.41, 5.74) is 14.0. The fraction of sp³-hybridized carbons (Fsp3) is 0.500. The summed E-state index contributed by atoms with van der Waals surface area (Å²) in [5.74, 6) is -0.713. The van der Waals surface area contributed by atoms with Crippen molar-refractivity contribution in [2.24, 2.45) is 5.73 Å². The molecule has 7 heteroatoms. The maximum absolute atomic E-state index is 11.8. The predicted molar refractivity (Wildman–Crippen MR) is 82.3 cm³/mol. The third-order valence-corrected chi connectivity index (χ3v) is 5.40. The number of hydrogen-bond acceptors (Lipinski definition) is 5. The highest BCUT2D eigenvalue weighted by atomic mass is 32.2. The van der Waals surface area contributed by atoms with Crippen LogP contribution >= 0.6 is 0 Å². The highest BCUT2D eigenvalue weighted by Crippen LogP contribution is 2.24. The van der Waals surface area contributed by atoms with Gasteiger partial charge >= 0.3 is 0 Å². The van der Waals surface area contributed by atoms with Gasteiger partial charge in [0.2, 0.25) is 5.91 Å². The molecule has 1 aromatic carbocycles. The first-order chi connectivity index (χ1) is 9.87. The Bertz CT molecular complexity index is 628. The van der Waals surface area contributed by atoms with Gasteiger partial charge in [0.25, 0.3) is 0 Å². The zero-order chi connectivity index (χ0) is 15.5. The van der Waals surface area contributed by atoms with Gasteiger partial charge in [-0.15, -0.1) is 0 Å². The molecule has 116 valence electrons. The Kier molecular flexibility index (Phi) is 4.84. The molecule has 0 spiro atoms. The Balaban J connectivity index is 1.91. The number of nitrogens with two attached hydrogens (primary N) is 2. The summed E-state index contributed by atoms with van der Waals surface area (Å²) >= 11 is 0. The van der Waals surface area contributed by atoms with E-state index in [1.165, 1.54) is 5.56 Å². The number of carbonyl (C=O) groups is 1. The third kappa shape index (κ3) is 4.44. The minimum absolute atomic E-state index is 0.0440. The molecule has 1 aliphatic rings. The van der Waals surface area contributed by atoms with Crippen molar-refractivity contribution in [1.82, 2.24) is 4.90 Å². The second-order valence-electron chi connectivity index (χ2n) is 5.38. The maximum Gasteiger partial charge on any atom is 0.218 e. The second kappa shape index (κ2) is 6.44. The molecular formula is C14H21N3O3S. The zero-order valence-electron chi connectivity index (χ0n) is 11.9. The summed E-state index contributed by atoms with van der Waals surface area (Å²) in [4.78, 5) is 12.7. The van der Waals surface area contributed by atoms with E-state index in [1.807, 2.05) is 12.1 Å². The number of nitrogen functional groups attached to an aromatic ring is 1. The fourth-order valence-corrected chi connectivity index (χ4v) is 3.73. The number of benzene rings is 1. The Hall–Kier alpha value is -1.60. The van der Waals surface area contributed by atoms with Crippen LogP contribution in [0.15, 0.2) is 18.2 Å². The van der Waals surface area contributed by atoms with Crippen molar-refractivity contribution >= 4 is 21.4 Å². The number of fused-ring (bicyclic) bond motifs is 1. The lowest BCUT2D eigenvalue weighted by Gasteiger charge is -2.29. The van der Waals surface area contributed by atoms with Crippen LogP contribution in [0.5, 0.6) is 0 Å². The van der Waals surface area contributed by atoms with Gasteiger partial charge in [0.1, 0.15) is 0 Å². The van der Waals surface area contributed by atoms with Crippen LogP contribution in [0.3, 0.4) is 0 Å². The molecule has 1 aliphatic heterocycles. The van der Waals surface area contributed by atoms with Crippen molar-refractivity contribution in [3.8, 4) is 0 Å². The largest absolute Gasteiger partial charge is 0.398 e. The van der Waals surface area contributed by atoms with Gasteiger partial charge in [0.05, 0.1) is 11.5 Å². The van der Waals surface area contributed by atoms with E-state index in [0.717, 1.165) is 24.2 Å². The summed E-state index contributed by atoms with van der Waals surface area (Å²) in [6.07, 6.45) is 0.764.